The molecular formula is C20H40O2S. The first kappa shape index (κ1) is 23.0. The van der Waals surface area contributed by atoms with Gasteiger partial charge in [-0.05, 0) is 18.8 Å². The minimum absolute atomic E-state index is 0.0296. The molecule has 0 fully saturated rings. The van der Waals surface area contributed by atoms with Crippen molar-refractivity contribution in [1.29, 1.82) is 0 Å². The minimum Gasteiger partial charge on any atom is -0.384 e. The second-order valence-corrected chi connectivity index (χ2v) is 8.01. The summed E-state index contributed by atoms with van der Waals surface area (Å²) in [4.78, 5) is 11.9. The molecule has 0 aromatic rings. The Morgan fingerprint density at radius 1 is 0.826 bits per heavy atom. The van der Waals surface area contributed by atoms with Crippen molar-refractivity contribution in [2.45, 2.75) is 110 Å². The van der Waals surface area contributed by atoms with E-state index in [1.807, 2.05) is 6.92 Å². The molecule has 0 aliphatic carbocycles. The molecule has 138 valence electrons. The van der Waals surface area contributed by atoms with Gasteiger partial charge >= 0.3 is 0 Å². The SMILES string of the molecule is CCCCCCCCCCCC[C@H](C)[C@H](O)C(=O)SCCCC. The molecule has 0 saturated carbocycles. The largest absolute Gasteiger partial charge is 0.384 e. The van der Waals surface area contributed by atoms with E-state index in [1.165, 1.54) is 69.5 Å². The number of hydrogen-bond acceptors (Lipinski definition) is 3. The Morgan fingerprint density at radius 3 is 1.83 bits per heavy atom. The molecular weight excluding hydrogens is 304 g/mol. The molecule has 0 spiro atoms. The molecule has 2 atom stereocenters. The summed E-state index contributed by atoms with van der Waals surface area (Å²) in [5.74, 6) is 0.947. The Bertz CT molecular complexity index is 268. The Morgan fingerprint density at radius 2 is 1.30 bits per heavy atom. The molecule has 0 heterocycles. The maximum atomic E-state index is 11.9. The van der Waals surface area contributed by atoms with Gasteiger partial charge in [-0.2, -0.15) is 0 Å². The van der Waals surface area contributed by atoms with Crippen LogP contribution in [0, 0.1) is 5.92 Å². The number of thioether (sulfide) groups is 1. The third-order valence-corrected chi connectivity index (χ3v) is 5.55. The lowest BCUT2D eigenvalue weighted by Crippen LogP contribution is -2.25. The van der Waals surface area contributed by atoms with Crippen LogP contribution in [-0.2, 0) is 4.79 Å². The highest BCUT2D eigenvalue weighted by Crippen LogP contribution is 2.20. The van der Waals surface area contributed by atoms with Crippen molar-refractivity contribution in [3.63, 3.8) is 0 Å². The topological polar surface area (TPSA) is 37.3 Å². The molecule has 0 bridgehead atoms. The number of hydrogen-bond donors (Lipinski definition) is 1. The van der Waals surface area contributed by atoms with Crippen molar-refractivity contribution < 1.29 is 9.90 Å². The highest BCUT2D eigenvalue weighted by atomic mass is 32.2. The number of carbonyl (C=O) groups excluding carboxylic acids is 1. The number of aliphatic hydroxyl groups is 1. The highest BCUT2D eigenvalue weighted by molar-refractivity contribution is 8.13. The fourth-order valence-electron chi connectivity index (χ4n) is 2.75. The van der Waals surface area contributed by atoms with Gasteiger partial charge in [0.2, 0.25) is 5.12 Å². The predicted octanol–water partition coefficient (Wildman–Crippen LogP) is 6.35. The van der Waals surface area contributed by atoms with Crippen LogP contribution in [0.4, 0.5) is 0 Å². The van der Waals surface area contributed by atoms with E-state index in [9.17, 15) is 9.90 Å². The third-order valence-electron chi connectivity index (χ3n) is 4.54. The van der Waals surface area contributed by atoms with Crippen LogP contribution in [0.25, 0.3) is 0 Å². The van der Waals surface area contributed by atoms with Gasteiger partial charge in [-0.3, -0.25) is 4.79 Å². The predicted molar refractivity (Wildman–Crippen MR) is 104 cm³/mol. The fraction of sp³-hybridized carbons (Fsp3) is 0.950. The summed E-state index contributed by atoms with van der Waals surface area (Å²) < 4.78 is 0. The van der Waals surface area contributed by atoms with Crippen molar-refractivity contribution in [2.24, 2.45) is 5.92 Å². The fourth-order valence-corrected chi connectivity index (χ4v) is 3.78. The second-order valence-electron chi connectivity index (χ2n) is 6.91. The second kappa shape index (κ2) is 16.8. The monoisotopic (exact) mass is 344 g/mol. The number of rotatable bonds is 16. The van der Waals surface area contributed by atoms with Crippen molar-refractivity contribution in [3.8, 4) is 0 Å². The van der Waals surface area contributed by atoms with Gasteiger partial charge < -0.3 is 5.11 Å². The van der Waals surface area contributed by atoms with Crippen LogP contribution in [0.3, 0.4) is 0 Å². The Balaban J connectivity index is 3.47. The zero-order valence-corrected chi connectivity index (χ0v) is 16.6. The molecule has 0 rings (SSSR count). The molecule has 23 heavy (non-hydrogen) atoms. The number of unbranched alkanes of at least 4 members (excludes halogenated alkanes) is 10. The summed E-state index contributed by atoms with van der Waals surface area (Å²) in [6, 6.07) is 0. The Kier molecular flexibility index (Phi) is 16.8. The van der Waals surface area contributed by atoms with Gasteiger partial charge in [0.1, 0.15) is 6.10 Å². The average Bonchev–Trinajstić information content (AvgIpc) is 2.55. The summed E-state index contributed by atoms with van der Waals surface area (Å²) in [6.45, 7) is 6.39. The number of aliphatic hydroxyl groups excluding tert-OH is 1. The van der Waals surface area contributed by atoms with Gasteiger partial charge in [-0.15, -0.1) is 0 Å². The normalized spacial score (nSPS) is 13.9. The summed E-state index contributed by atoms with van der Waals surface area (Å²) >= 11 is 1.31. The van der Waals surface area contributed by atoms with Crippen molar-refractivity contribution in [1.82, 2.24) is 0 Å². The van der Waals surface area contributed by atoms with Crippen LogP contribution in [0.5, 0.6) is 0 Å². The van der Waals surface area contributed by atoms with E-state index in [4.69, 9.17) is 0 Å². The van der Waals surface area contributed by atoms with Crippen molar-refractivity contribution in [2.75, 3.05) is 5.75 Å². The Labute approximate surface area is 149 Å². The molecule has 0 aromatic carbocycles. The van der Waals surface area contributed by atoms with E-state index in [0.29, 0.717) is 0 Å². The molecule has 0 radical (unpaired) electrons. The first-order chi connectivity index (χ1) is 11.1. The van der Waals surface area contributed by atoms with E-state index < -0.39 is 6.10 Å². The van der Waals surface area contributed by atoms with Crippen molar-refractivity contribution >= 4 is 16.9 Å². The lowest BCUT2D eigenvalue weighted by molar-refractivity contribution is -0.120. The molecule has 0 aromatic heterocycles. The zero-order chi connectivity index (χ0) is 17.3. The van der Waals surface area contributed by atoms with Gasteiger partial charge in [0, 0.05) is 5.75 Å². The van der Waals surface area contributed by atoms with Crippen LogP contribution < -0.4 is 0 Å². The first-order valence-corrected chi connectivity index (χ1v) is 11.0. The average molecular weight is 345 g/mol. The molecule has 2 nitrogen and oxygen atoms in total. The third kappa shape index (κ3) is 14.1. The molecule has 0 unspecified atom stereocenters. The van der Waals surface area contributed by atoms with Gasteiger partial charge in [0.25, 0.3) is 0 Å². The van der Waals surface area contributed by atoms with E-state index in [1.54, 1.807) is 0 Å². The van der Waals surface area contributed by atoms with E-state index >= 15 is 0 Å². The maximum absolute atomic E-state index is 11.9. The van der Waals surface area contributed by atoms with Gasteiger partial charge in [0.05, 0.1) is 0 Å². The summed E-state index contributed by atoms with van der Waals surface area (Å²) in [6.07, 6.45) is 15.6. The molecule has 0 aliphatic heterocycles. The Hall–Kier alpha value is -0.0200. The van der Waals surface area contributed by atoms with Gasteiger partial charge in [0.15, 0.2) is 0 Å². The van der Waals surface area contributed by atoms with E-state index in [0.717, 1.165) is 31.4 Å². The van der Waals surface area contributed by atoms with Crippen LogP contribution in [0.15, 0.2) is 0 Å². The standard InChI is InChI=1S/C20H40O2S/c1-4-6-8-9-10-11-12-13-14-15-16-18(3)19(21)20(22)23-17-7-5-2/h18-19,21H,4-17H2,1-3H3/t18-,19-/m0/s1. The van der Waals surface area contributed by atoms with Gasteiger partial charge in [-0.1, -0.05) is 103 Å². The van der Waals surface area contributed by atoms with Gasteiger partial charge in [-0.25, -0.2) is 0 Å². The lowest BCUT2D eigenvalue weighted by Gasteiger charge is -2.17. The molecule has 0 aliphatic rings. The van der Waals surface area contributed by atoms with E-state index in [2.05, 4.69) is 13.8 Å². The number of carbonyl (C=O) groups is 1. The molecule has 3 heteroatoms. The van der Waals surface area contributed by atoms with Crippen molar-refractivity contribution in [3.05, 3.63) is 0 Å². The quantitative estimate of drug-likeness (QED) is 0.331. The van der Waals surface area contributed by atoms with E-state index in [-0.39, 0.29) is 11.0 Å². The summed E-state index contributed by atoms with van der Waals surface area (Å²) in [5.41, 5.74) is 0. The zero-order valence-electron chi connectivity index (χ0n) is 15.8. The summed E-state index contributed by atoms with van der Waals surface area (Å²) in [7, 11) is 0. The smallest absolute Gasteiger partial charge is 0.217 e. The summed E-state index contributed by atoms with van der Waals surface area (Å²) in [5, 5.41) is 10.0. The minimum atomic E-state index is -0.768. The first-order valence-electron chi connectivity index (χ1n) is 9.98. The van der Waals surface area contributed by atoms with Crippen LogP contribution in [0.2, 0.25) is 0 Å². The molecule has 1 N–H and O–H groups in total. The molecule has 0 amide bonds. The lowest BCUT2D eigenvalue weighted by atomic mass is 9.97. The van der Waals surface area contributed by atoms with Crippen LogP contribution >= 0.6 is 11.8 Å². The van der Waals surface area contributed by atoms with Crippen LogP contribution in [0.1, 0.15) is 104 Å². The molecule has 0 saturated heterocycles. The maximum Gasteiger partial charge on any atom is 0.217 e. The highest BCUT2D eigenvalue weighted by Gasteiger charge is 2.21. The van der Waals surface area contributed by atoms with Crippen LogP contribution in [-0.4, -0.2) is 22.1 Å².